The van der Waals surface area contributed by atoms with Crippen LogP contribution in [0.4, 0.5) is 0 Å². The van der Waals surface area contributed by atoms with Crippen LogP contribution in [-0.4, -0.2) is 19.0 Å². The summed E-state index contributed by atoms with van der Waals surface area (Å²) in [6, 6.07) is 16.1. The predicted octanol–water partition coefficient (Wildman–Crippen LogP) is 4.58. The van der Waals surface area contributed by atoms with E-state index in [0.29, 0.717) is 37.0 Å². The highest BCUT2D eigenvalue weighted by atomic mass is 35.5. The second kappa shape index (κ2) is 7.29. The van der Waals surface area contributed by atoms with Crippen LogP contribution in [0.25, 0.3) is 0 Å². The van der Waals surface area contributed by atoms with Crippen LogP contribution in [0.5, 0.6) is 0 Å². The maximum Gasteiger partial charge on any atom is 0.137 e. The van der Waals surface area contributed by atoms with Crippen molar-refractivity contribution < 1.29 is 9.53 Å². The molecule has 0 amide bonds. The average Bonchev–Trinajstić information content (AvgIpc) is 2.98. The lowest BCUT2D eigenvalue weighted by Crippen LogP contribution is -2.16. The molecule has 0 spiro atoms. The van der Waals surface area contributed by atoms with Gasteiger partial charge in [-0.3, -0.25) is 4.79 Å². The summed E-state index contributed by atoms with van der Waals surface area (Å²) in [5.74, 6) is 0.863. The van der Waals surface area contributed by atoms with Crippen molar-refractivity contribution in [2.24, 2.45) is 5.92 Å². The van der Waals surface area contributed by atoms with E-state index in [0.717, 1.165) is 5.56 Å². The molecule has 120 valence electrons. The summed E-state index contributed by atoms with van der Waals surface area (Å²) in [6.07, 6.45) is 1.04. The number of hydrogen-bond acceptors (Lipinski definition) is 2. The molecule has 0 N–H and O–H groups in total. The third-order valence-electron chi connectivity index (χ3n) is 4.51. The highest BCUT2D eigenvalue weighted by Gasteiger charge is 2.31. The van der Waals surface area contributed by atoms with Crippen LogP contribution in [0.1, 0.15) is 29.0 Å². The van der Waals surface area contributed by atoms with Crippen LogP contribution in [0.15, 0.2) is 48.5 Å². The molecule has 0 saturated carbocycles. The molecule has 2 aromatic carbocycles. The highest BCUT2D eigenvalue weighted by Crippen LogP contribution is 2.33. The first-order valence-electron chi connectivity index (χ1n) is 8.02. The van der Waals surface area contributed by atoms with Crippen molar-refractivity contribution in [1.82, 2.24) is 0 Å². The van der Waals surface area contributed by atoms with Gasteiger partial charge in [0.1, 0.15) is 5.78 Å². The summed E-state index contributed by atoms with van der Waals surface area (Å²) < 4.78 is 5.65. The van der Waals surface area contributed by atoms with Crippen molar-refractivity contribution in [3.05, 3.63) is 70.2 Å². The minimum Gasteiger partial charge on any atom is -0.380 e. The third kappa shape index (κ3) is 4.21. The van der Waals surface area contributed by atoms with E-state index < -0.39 is 0 Å². The van der Waals surface area contributed by atoms with Crippen molar-refractivity contribution in [2.45, 2.75) is 25.7 Å². The van der Waals surface area contributed by atoms with Crippen LogP contribution in [0.3, 0.4) is 0 Å². The number of carbonyl (C=O) groups excluding carboxylic acids is 1. The van der Waals surface area contributed by atoms with Crippen LogP contribution < -0.4 is 0 Å². The number of aryl methyl sites for hydroxylation is 1. The van der Waals surface area contributed by atoms with Crippen molar-refractivity contribution in [3.8, 4) is 0 Å². The fraction of sp³-hybridized carbons (Fsp3) is 0.350. The monoisotopic (exact) mass is 328 g/mol. The Labute approximate surface area is 142 Å². The molecule has 0 radical (unpaired) electrons. The Kier molecular flexibility index (Phi) is 5.14. The van der Waals surface area contributed by atoms with Crippen LogP contribution in [0, 0.1) is 12.8 Å². The standard InChI is InChI=1S/C20H21ClO2/c1-14-2-6-16(7-3-14)20-13-23-12-17(20)11-19(22)10-15-4-8-18(21)9-5-15/h2-9,17,20H,10-13H2,1H3/t17?,20-/m0/s1. The number of ketones is 1. The Morgan fingerprint density at radius 3 is 2.48 bits per heavy atom. The predicted molar refractivity (Wildman–Crippen MR) is 93.0 cm³/mol. The number of hydrogen-bond donors (Lipinski definition) is 0. The molecule has 2 nitrogen and oxygen atoms in total. The van der Waals surface area contributed by atoms with Gasteiger partial charge in [-0.2, -0.15) is 0 Å². The molecule has 1 unspecified atom stereocenters. The summed E-state index contributed by atoms with van der Waals surface area (Å²) in [6.45, 7) is 3.47. The van der Waals surface area contributed by atoms with E-state index in [-0.39, 0.29) is 11.7 Å². The largest absolute Gasteiger partial charge is 0.380 e. The van der Waals surface area contributed by atoms with Crippen molar-refractivity contribution >= 4 is 17.4 Å². The van der Waals surface area contributed by atoms with Crippen molar-refractivity contribution in [2.75, 3.05) is 13.2 Å². The minimum absolute atomic E-state index is 0.264. The molecular weight excluding hydrogens is 308 g/mol. The first-order chi connectivity index (χ1) is 11.1. The zero-order valence-corrected chi connectivity index (χ0v) is 14.1. The van der Waals surface area contributed by atoms with E-state index in [2.05, 4.69) is 31.2 Å². The number of ether oxygens (including phenoxy) is 1. The molecule has 2 atom stereocenters. The first-order valence-corrected chi connectivity index (χ1v) is 8.40. The van der Waals surface area contributed by atoms with Gasteiger partial charge in [0.05, 0.1) is 13.2 Å². The van der Waals surface area contributed by atoms with E-state index in [1.54, 1.807) is 0 Å². The number of benzene rings is 2. The fourth-order valence-electron chi connectivity index (χ4n) is 3.18. The van der Waals surface area contributed by atoms with Gasteiger partial charge in [-0.15, -0.1) is 0 Å². The lowest BCUT2D eigenvalue weighted by Gasteiger charge is -2.17. The number of halogens is 1. The van der Waals surface area contributed by atoms with Gasteiger partial charge in [-0.1, -0.05) is 53.6 Å². The minimum atomic E-state index is 0.264. The summed E-state index contributed by atoms with van der Waals surface area (Å²) in [5.41, 5.74) is 3.55. The zero-order chi connectivity index (χ0) is 16.2. The molecule has 1 fully saturated rings. The smallest absolute Gasteiger partial charge is 0.137 e. The van der Waals surface area contributed by atoms with Crippen LogP contribution in [-0.2, 0) is 16.0 Å². The lowest BCUT2D eigenvalue weighted by atomic mass is 9.84. The molecule has 1 aliphatic rings. The second-order valence-corrected chi connectivity index (χ2v) is 6.80. The average molecular weight is 329 g/mol. The van der Waals surface area contributed by atoms with Crippen molar-refractivity contribution in [3.63, 3.8) is 0 Å². The Morgan fingerprint density at radius 2 is 1.78 bits per heavy atom. The molecule has 3 rings (SSSR count). The van der Waals surface area contributed by atoms with E-state index in [9.17, 15) is 4.79 Å². The number of carbonyl (C=O) groups is 1. The van der Waals surface area contributed by atoms with E-state index >= 15 is 0 Å². The zero-order valence-electron chi connectivity index (χ0n) is 13.3. The Hall–Kier alpha value is -1.64. The molecular formula is C20H21ClO2. The van der Waals surface area contributed by atoms with Gasteiger partial charge in [0, 0.05) is 23.8 Å². The quantitative estimate of drug-likeness (QED) is 0.803. The summed E-state index contributed by atoms with van der Waals surface area (Å²) in [4.78, 5) is 12.4. The molecule has 0 aromatic heterocycles. The van der Waals surface area contributed by atoms with E-state index in [1.165, 1.54) is 11.1 Å². The SMILES string of the molecule is Cc1ccc([C@@H]2COCC2CC(=O)Cc2ccc(Cl)cc2)cc1. The number of Topliss-reactive ketones (excluding diaryl/α,β-unsaturated/α-hetero) is 1. The van der Waals surface area contributed by atoms with Gasteiger partial charge in [0.2, 0.25) is 0 Å². The normalized spacial score (nSPS) is 20.6. The topological polar surface area (TPSA) is 26.3 Å². The van der Waals surface area contributed by atoms with Gasteiger partial charge in [-0.05, 0) is 36.1 Å². The Morgan fingerprint density at radius 1 is 1.09 bits per heavy atom. The molecule has 3 heteroatoms. The molecule has 1 heterocycles. The Bertz CT molecular complexity index is 661. The molecule has 0 aliphatic carbocycles. The van der Waals surface area contributed by atoms with Crippen LogP contribution >= 0.6 is 11.6 Å². The summed E-state index contributed by atoms with van der Waals surface area (Å²) in [7, 11) is 0. The molecule has 2 aromatic rings. The first kappa shape index (κ1) is 16.2. The number of rotatable bonds is 5. The molecule has 1 aliphatic heterocycles. The van der Waals surface area contributed by atoms with E-state index in [4.69, 9.17) is 16.3 Å². The van der Waals surface area contributed by atoms with Gasteiger partial charge in [0.25, 0.3) is 0 Å². The van der Waals surface area contributed by atoms with Gasteiger partial charge in [0.15, 0.2) is 0 Å². The molecule has 0 bridgehead atoms. The summed E-state index contributed by atoms with van der Waals surface area (Å²) >= 11 is 5.88. The third-order valence-corrected chi connectivity index (χ3v) is 4.76. The van der Waals surface area contributed by atoms with Gasteiger partial charge in [-0.25, -0.2) is 0 Å². The Balaban J connectivity index is 1.62. The lowest BCUT2D eigenvalue weighted by molar-refractivity contribution is -0.119. The maximum absolute atomic E-state index is 12.4. The van der Waals surface area contributed by atoms with Crippen LogP contribution in [0.2, 0.25) is 5.02 Å². The van der Waals surface area contributed by atoms with Gasteiger partial charge < -0.3 is 4.74 Å². The van der Waals surface area contributed by atoms with E-state index in [1.807, 2.05) is 24.3 Å². The molecule has 23 heavy (non-hydrogen) atoms. The summed E-state index contributed by atoms with van der Waals surface area (Å²) in [5, 5.41) is 0.699. The van der Waals surface area contributed by atoms with Crippen molar-refractivity contribution in [1.29, 1.82) is 0 Å². The highest BCUT2D eigenvalue weighted by molar-refractivity contribution is 6.30. The van der Waals surface area contributed by atoms with Gasteiger partial charge >= 0.3 is 0 Å². The fourth-order valence-corrected chi connectivity index (χ4v) is 3.30. The maximum atomic E-state index is 12.4. The molecule has 1 saturated heterocycles. The second-order valence-electron chi connectivity index (χ2n) is 6.36.